The SMILES string of the molecule is CC(C)(C)OC(=O)N1CCCC1C(=O)O.CCC1(OC(=O)C2CCCN2C(=O)OC(C)(C)C)CCCC1. The summed E-state index contributed by atoms with van der Waals surface area (Å²) in [6.45, 7) is 13.9. The lowest BCUT2D eigenvalue weighted by molar-refractivity contribution is -0.165. The first-order valence-electron chi connectivity index (χ1n) is 13.5. The number of carbonyl (C=O) groups excluding carboxylic acids is 3. The molecule has 37 heavy (non-hydrogen) atoms. The van der Waals surface area contributed by atoms with Crippen LogP contribution in [-0.4, -0.2) is 81.0 Å². The molecule has 3 aliphatic rings. The minimum Gasteiger partial charge on any atom is -0.480 e. The molecule has 1 N–H and O–H groups in total. The third-order valence-corrected chi connectivity index (χ3v) is 6.79. The number of likely N-dealkylation sites (tertiary alicyclic amines) is 2. The predicted molar refractivity (Wildman–Crippen MR) is 137 cm³/mol. The third kappa shape index (κ3) is 9.07. The smallest absolute Gasteiger partial charge is 0.411 e. The number of nitrogens with zero attached hydrogens (tertiary/aromatic N) is 2. The van der Waals surface area contributed by atoms with Gasteiger partial charge in [-0.1, -0.05) is 6.92 Å². The molecule has 0 aromatic carbocycles. The Morgan fingerprint density at radius 2 is 1.22 bits per heavy atom. The first kappa shape index (κ1) is 30.7. The van der Waals surface area contributed by atoms with Crippen LogP contribution in [0.1, 0.15) is 106 Å². The Morgan fingerprint density at radius 3 is 1.62 bits per heavy atom. The van der Waals surface area contributed by atoms with E-state index in [-0.39, 0.29) is 11.6 Å². The van der Waals surface area contributed by atoms with Gasteiger partial charge < -0.3 is 19.3 Å². The first-order valence-corrected chi connectivity index (χ1v) is 13.5. The fourth-order valence-corrected chi connectivity index (χ4v) is 4.94. The maximum absolute atomic E-state index is 12.6. The fraction of sp³-hybridized carbons (Fsp3) is 0.852. The second-order valence-corrected chi connectivity index (χ2v) is 12.2. The van der Waals surface area contributed by atoms with Gasteiger partial charge in [0.15, 0.2) is 0 Å². The van der Waals surface area contributed by atoms with Crippen molar-refractivity contribution in [3.05, 3.63) is 0 Å². The maximum Gasteiger partial charge on any atom is 0.411 e. The predicted octanol–water partition coefficient (Wildman–Crippen LogP) is 5.12. The molecule has 10 heteroatoms. The zero-order valence-corrected chi connectivity index (χ0v) is 23.6. The molecule has 2 atom stereocenters. The Kier molecular flexibility index (Phi) is 10.2. The molecular formula is C27H46N2O8. The van der Waals surface area contributed by atoms with E-state index in [1.807, 2.05) is 20.8 Å². The van der Waals surface area contributed by atoms with E-state index >= 15 is 0 Å². The summed E-state index contributed by atoms with van der Waals surface area (Å²) in [6, 6.07) is -1.21. The molecule has 0 aromatic rings. The van der Waals surface area contributed by atoms with Gasteiger partial charge in [-0.3, -0.25) is 9.80 Å². The Morgan fingerprint density at radius 1 is 0.784 bits per heavy atom. The van der Waals surface area contributed by atoms with E-state index in [4.69, 9.17) is 19.3 Å². The molecule has 3 fully saturated rings. The number of rotatable bonds is 4. The summed E-state index contributed by atoms with van der Waals surface area (Å²) in [4.78, 5) is 50.1. The number of hydrogen-bond acceptors (Lipinski definition) is 7. The number of amides is 2. The van der Waals surface area contributed by atoms with Crippen LogP contribution >= 0.6 is 0 Å². The molecule has 0 radical (unpaired) electrons. The van der Waals surface area contributed by atoms with Gasteiger partial charge in [-0.25, -0.2) is 19.2 Å². The van der Waals surface area contributed by atoms with Gasteiger partial charge in [0.1, 0.15) is 28.9 Å². The van der Waals surface area contributed by atoms with Gasteiger partial charge in [0.2, 0.25) is 0 Å². The van der Waals surface area contributed by atoms with Crippen molar-refractivity contribution in [1.29, 1.82) is 0 Å². The Balaban J connectivity index is 0.000000281. The lowest BCUT2D eigenvalue weighted by Crippen LogP contribution is -2.46. The standard InChI is InChI=1S/C17H29NO4.C10H17NO4/c1-5-17(10-6-7-11-17)21-14(19)13-9-8-12-18(13)15(20)22-16(2,3)4;1-10(2,3)15-9(14)11-6-4-5-7(11)8(12)13/h13H,5-12H2,1-4H3;7H,4-6H2,1-3H3,(H,12,13). The Bertz CT molecular complexity index is 823. The summed E-state index contributed by atoms with van der Waals surface area (Å²) in [5.74, 6) is -1.22. The van der Waals surface area contributed by atoms with Crippen LogP contribution in [0.5, 0.6) is 0 Å². The maximum atomic E-state index is 12.6. The van der Waals surface area contributed by atoms with Crippen LogP contribution in [0.3, 0.4) is 0 Å². The number of carboxylic acids is 1. The van der Waals surface area contributed by atoms with E-state index in [1.165, 1.54) is 9.80 Å². The minimum atomic E-state index is -0.960. The highest BCUT2D eigenvalue weighted by molar-refractivity contribution is 5.82. The number of carbonyl (C=O) groups is 4. The topological polar surface area (TPSA) is 123 Å². The van der Waals surface area contributed by atoms with Gasteiger partial charge in [-0.15, -0.1) is 0 Å². The summed E-state index contributed by atoms with van der Waals surface area (Å²) in [5, 5.41) is 8.88. The summed E-state index contributed by atoms with van der Waals surface area (Å²) < 4.78 is 16.4. The molecule has 0 aromatic heterocycles. The van der Waals surface area contributed by atoms with Gasteiger partial charge in [0.05, 0.1) is 0 Å². The number of carboxylic acid groups (broad SMARTS) is 1. The molecule has 1 saturated carbocycles. The van der Waals surface area contributed by atoms with E-state index in [0.29, 0.717) is 25.9 Å². The van der Waals surface area contributed by atoms with Crippen molar-refractivity contribution in [2.45, 2.75) is 135 Å². The van der Waals surface area contributed by atoms with E-state index in [1.54, 1.807) is 20.8 Å². The van der Waals surface area contributed by atoms with Crippen molar-refractivity contribution in [2.75, 3.05) is 13.1 Å². The largest absolute Gasteiger partial charge is 0.480 e. The van der Waals surface area contributed by atoms with Gasteiger partial charge in [-0.2, -0.15) is 0 Å². The average molecular weight is 527 g/mol. The molecule has 2 saturated heterocycles. The minimum absolute atomic E-state index is 0.257. The quantitative estimate of drug-likeness (QED) is 0.395. The highest BCUT2D eigenvalue weighted by Crippen LogP contribution is 2.37. The van der Waals surface area contributed by atoms with Crippen molar-refractivity contribution in [2.24, 2.45) is 0 Å². The molecule has 2 aliphatic heterocycles. The molecule has 212 valence electrons. The molecular weight excluding hydrogens is 480 g/mol. The average Bonchev–Trinajstić information content (AvgIpc) is 3.51. The van der Waals surface area contributed by atoms with Crippen molar-refractivity contribution in [3.63, 3.8) is 0 Å². The lowest BCUT2D eigenvalue weighted by atomic mass is 9.98. The molecule has 10 nitrogen and oxygen atoms in total. The van der Waals surface area contributed by atoms with Crippen LogP contribution < -0.4 is 0 Å². The monoisotopic (exact) mass is 526 g/mol. The summed E-state index contributed by atoms with van der Waals surface area (Å²) in [6.07, 6.45) is 6.71. The zero-order valence-electron chi connectivity index (χ0n) is 23.6. The summed E-state index contributed by atoms with van der Waals surface area (Å²) in [7, 11) is 0. The Labute approximate surface area is 221 Å². The van der Waals surface area contributed by atoms with Crippen LogP contribution in [0.4, 0.5) is 9.59 Å². The number of ether oxygens (including phenoxy) is 3. The van der Waals surface area contributed by atoms with E-state index in [9.17, 15) is 19.2 Å². The Hall–Kier alpha value is -2.52. The first-order chi connectivity index (χ1) is 17.1. The highest BCUT2D eigenvalue weighted by Gasteiger charge is 2.42. The molecule has 1 aliphatic carbocycles. The second kappa shape index (κ2) is 12.3. The van der Waals surface area contributed by atoms with Gasteiger partial charge in [0.25, 0.3) is 0 Å². The van der Waals surface area contributed by atoms with Gasteiger partial charge >= 0.3 is 24.1 Å². The molecule has 2 unspecified atom stereocenters. The van der Waals surface area contributed by atoms with Crippen molar-refractivity contribution >= 4 is 24.1 Å². The molecule has 3 rings (SSSR count). The number of esters is 1. The highest BCUT2D eigenvalue weighted by atomic mass is 16.6. The van der Waals surface area contributed by atoms with Crippen LogP contribution in [-0.2, 0) is 23.8 Å². The van der Waals surface area contributed by atoms with Crippen LogP contribution in [0.2, 0.25) is 0 Å². The third-order valence-electron chi connectivity index (χ3n) is 6.79. The van der Waals surface area contributed by atoms with Crippen LogP contribution in [0.15, 0.2) is 0 Å². The molecule has 0 spiro atoms. The number of hydrogen-bond donors (Lipinski definition) is 1. The van der Waals surface area contributed by atoms with E-state index in [0.717, 1.165) is 44.9 Å². The van der Waals surface area contributed by atoms with Crippen molar-refractivity contribution in [3.8, 4) is 0 Å². The summed E-state index contributed by atoms with van der Waals surface area (Å²) >= 11 is 0. The van der Waals surface area contributed by atoms with E-state index < -0.39 is 41.4 Å². The number of aliphatic carboxylic acids is 1. The molecule has 2 heterocycles. The second-order valence-electron chi connectivity index (χ2n) is 12.2. The fourth-order valence-electron chi connectivity index (χ4n) is 4.94. The van der Waals surface area contributed by atoms with Crippen molar-refractivity contribution < 1.29 is 38.5 Å². The summed E-state index contributed by atoms with van der Waals surface area (Å²) in [5.41, 5.74) is -1.44. The van der Waals surface area contributed by atoms with Gasteiger partial charge in [-0.05, 0) is 99.3 Å². The lowest BCUT2D eigenvalue weighted by Gasteiger charge is -2.32. The molecule has 2 amide bonds. The van der Waals surface area contributed by atoms with Crippen molar-refractivity contribution in [1.82, 2.24) is 9.80 Å². The van der Waals surface area contributed by atoms with Gasteiger partial charge in [0, 0.05) is 13.1 Å². The normalized spacial score (nSPS) is 23.2. The zero-order chi connectivity index (χ0) is 28.0. The molecule has 0 bridgehead atoms. The van der Waals surface area contributed by atoms with E-state index in [2.05, 4.69) is 6.92 Å². The van der Waals surface area contributed by atoms with Crippen LogP contribution in [0.25, 0.3) is 0 Å². The van der Waals surface area contributed by atoms with Crippen LogP contribution in [0, 0.1) is 0 Å².